The molecule has 0 atom stereocenters. The molecule has 1 amide bonds. The van der Waals surface area contributed by atoms with E-state index in [-0.39, 0.29) is 5.56 Å². The van der Waals surface area contributed by atoms with Crippen LogP contribution in [0.15, 0.2) is 42.5 Å². The minimum absolute atomic E-state index is 0.181. The lowest BCUT2D eigenvalue weighted by atomic mass is 10.1. The summed E-state index contributed by atoms with van der Waals surface area (Å²) in [5.41, 5.74) is 7.97. The summed E-state index contributed by atoms with van der Waals surface area (Å²) < 4.78 is 13.8. The van der Waals surface area contributed by atoms with Crippen molar-refractivity contribution < 1.29 is 9.18 Å². The molecule has 0 bridgehead atoms. The predicted octanol–water partition coefficient (Wildman–Crippen LogP) is 3.10. The molecule has 0 aliphatic carbocycles. The SMILES string of the molecule is CCc1ccccc1NCc1ccc(C(N)=O)cc1F. The van der Waals surface area contributed by atoms with Crippen LogP contribution in [0.2, 0.25) is 0 Å². The summed E-state index contributed by atoms with van der Waals surface area (Å²) in [6.07, 6.45) is 0.909. The van der Waals surface area contributed by atoms with E-state index in [2.05, 4.69) is 12.2 Å². The number of benzene rings is 2. The molecule has 0 fully saturated rings. The molecule has 2 rings (SSSR count). The molecule has 3 N–H and O–H groups in total. The molecule has 0 aliphatic heterocycles. The van der Waals surface area contributed by atoms with Gasteiger partial charge in [0.05, 0.1) is 0 Å². The summed E-state index contributed by atoms with van der Waals surface area (Å²) in [5.74, 6) is -1.05. The molecule has 0 aliphatic rings. The maximum atomic E-state index is 13.8. The molecule has 0 saturated heterocycles. The molecule has 0 radical (unpaired) electrons. The number of anilines is 1. The Bertz CT molecular complexity index is 626. The number of primary amides is 1. The summed E-state index contributed by atoms with van der Waals surface area (Å²) in [6.45, 7) is 2.44. The molecular formula is C16H17FN2O. The van der Waals surface area contributed by atoms with Crippen LogP contribution in [0, 0.1) is 5.82 Å². The average molecular weight is 272 g/mol. The Morgan fingerprint density at radius 3 is 2.60 bits per heavy atom. The predicted molar refractivity (Wildman–Crippen MR) is 78.1 cm³/mol. The zero-order valence-corrected chi connectivity index (χ0v) is 11.3. The second kappa shape index (κ2) is 6.19. The Morgan fingerprint density at radius 2 is 1.95 bits per heavy atom. The molecule has 3 nitrogen and oxygen atoms in total. The molecule has 0 saturated carbocycles. The van der Waals surface area contributed by atoms with Gasteiger partial charge in [0.25, 0.3) is 0 Å². The fourth-order valence-corrected chi connectivity index (χ4v) is 2.04. The van der Waals surface area contributed by atoms with Crippen molar-refractivity contribution in [3.8, 4) is 0 Å². The number of carbonyl (C=O) groups excluding carboxylic acids is 1. The van der Waals surface area contributed by atoms with E-state index in [0.717, 1.165) is 12.1 Å². The Balaban J connectivity index is 2.13. The zero-order valence-electron chi connectivity index (χ0n) is 11.3. The van der Waals surface area contributed by atoms with Gasteiger partial charge in [0, 0.05) is 23.4 Å². The third-order valence-electron chi connectivity index (χ3n) is 3.21. The molecular weight excluding hydrogens is 255 g/mol. The van der Waals surface area contributed by atoms with Gasteiger partial charge in [-0.2, -0.15) is 0 Å². The largest absolute Gasteiger partial charge is 0.381 e. The van der Waals surface area contributed by atoms with Crippen molar-refractivity contribution in [1.29, 1.82) is 0 Å². The monoisotopic (exact) mass is 272 g/mol. The van der Waals surface area contributed by atoms with Crippen LogP contribution in [0.25, 0.3) is 0 Å². The minimum Gasteiger partial charge on any atom is -0.381 e. The number of halogens is 1. The maximum Gasteiger partial charge on any atom is 0.248 e. The van der Waals surface area contributed by atoms with Crippen LogP contribution in [0.3, 0.4) is 0 Å². The normalized spacial score (nSPS) is 10.3. The van der Waals surface area contributed by atoms with Crippen LogP contribution in [0.1, 0.15) is 28.4 Å². The van der Waals surface area contributed by atoms with E-state index in [0.29, 0.717) is 12.1 Å². The van der Waals surface area contributed by atoms with E-state index in [1.807, 2.05) is 24.3 Å². The van der Waals surface area contributed by atoms with Crippen LogP contribution in [-0.4, -0.2) is 5.91 Å². The van der Waals surface area contributed by atoms with E-state index in [1.165, 1.54) is 17.7 Å². The lowest BCUT2D eigenvalue weighted by molar-refractivity contribution is 0.1000. The standard InChI is InChI=1S/C16H17FN2O/c1-2-11-5-3-4-6-15(11)19-10-13-8-7-12(16(18)20)9-14(13)17/h3-9,19H,2,10H2,1H3,(H2,18,20). The lowest BCUT2D eigenvalue weighted by Gasteiger charge is -2.11. The van der Waals surface area contributed by atoms with Crippen molar-refractivity contribution in [2.24, 2.45) is 5.73 Å². The number of nitrogens with one attached hydrogen (secondary N) is 1. The van der Waals surface area contributed by atoms with Crippen LogP contribution >= 0.6 is 0 Å². The first kappa shape index (κ1) is 14.1. The fourth-order valence-electron chi connectivity index (χ4n) is 2.04. The maximum absolute atomic E-state index is 13.8. The van der Waals surface area contributed by atoms with Gasteiger partial charge in [-0.15, -0.1) is 0 Å². The molecule has 0 spiro atoms. The van der Waals surface area contributed by atoms with Crippen molar-refractivity contribution in [3.63, 3.8) is 0 Å². The van der Waals surface area contributed by atoms with Gasteiger partial charge >= 0.3 is 0 Å². The summed E-state index contributed by atoms with van der Waals surface area (Å²) in [4.78, 5) is 11.0. The van der Waals surface area contributed by atoms with E-state index in [1.54, 1.807) is 6.07 Å². The molecule has 2 aromatic carbocycles. The van der Waals surface area contributed by atoms with Crippen molar-refractivity contribution in [1.82, 2.24) is 0 Å². The number of aryl methyl sites for hydroxylation is 1. The number of hydrogen-bond donors (Lipinski definition) is 2. The molecule has 104 valence electrons. The summed E-state index contributed by atoms with van der Waals surface area (Å²) in [5, 5.41) is 3.21. The number of nitrogens with two attached hydrogens (primary N) is 1. The van der Waals surface area contributed by atoms with Gasteiger partial charge in [0.1, 0.15) is 5.82 Å². The zero-order chi connectivity index (χ0) is 14.5. The van der Waals surface area contributed by atoms with E-state index >= 15 is 0 Å². The third-order valence-corrected chi connectivity index (χ3v) is 3.21. The van der Waals surface area contributed by atoms with Gasteiger partial charge in [-0.1, -0.05) is 31.2 Å². The lowest BCUT2D eigenvalue weighted by Crippen LogP contribution is -2.12. The second-order valence-corrected chi connectivity index (χ2v) is 4.53. The summed E-state index contributed by atoms with van der Waals surface area (Å²) >= 11 is 0. The van der Waals surface area contributed by atoms with Crippen LogP contribution < -0.4 is 11.1 Å². The van der Waals surface area contributed by atoms with Gasteiger partial charge in [0.2, 0.25) is 5.91 Å². The highest BCUT2D eigenvalue weighted by atomic mass is 19.1. The van der Waals surface area contributed by atoms with Crippen molar-refractivity contribution >= 4 is 11.6 Å². The van der Waals surface area contributed by atoms with Crippen LogP contribution in [0.5, 0.6) is 0 Å². The Kier molecular flexibility index (Phi) is 4.35. The van der Waals surface area contributed by atoms with E-state index in [4.69, 9.17) is 5.73 Å². The second-order valence-electron chi connectivity index (χ2n) is 4.53. The molecule has 20 heavy (non-hydrogen) atoms. The first-order valence-corrected chi connectivity index (χ1v) is 6.51. The highest BCUT2D eigenvalue weighted by Crippen LogP contribution is 2.18. The quantitative estimate of drug-likeness (QED) is 0.878. The van der Waals surface area contributed by atoms with Gasteiger partial charge in [0.15, 0.2) is 0 Å². The number of para-hydroxylation sites is 1. The average Bonchev–Trinajstić information content (AvgIpc) is 2.46. The minimum atomic E-state index is -0.625. The first-order chi connectivity index (χ1) is 9.61. The van der Waals surface area contributed by atoms with E-state index < -0.39 is 11.7 Å². The number of amides is 1. The highest BCUT2D eigenvalue weighted by molar-refractivity contribution is 5.92. The van der Waals surface area contributed by atoms with Gasteiger partial charge in [-0.25, -0.2) is 4.39 Å². The number of carbonyl (C=O) groups is 1. The highest BCUT2D eigenvalue weighted by Gasteiger charge is 2.07. The topological polar surface area (TPSA) is 55.1 Å². The smallest absolute Gasteiger partial charge is 0.248 e. The summed E-state index contributed by atoms with van der Waals surface area (Å²) in [7, 11) is 0. The number of hydrogen-bond acceptors (Lipinski definition) is 2. The molecule has 0 aromatic heterocycles. The van der Waals surface area contributed by atoms with E-state index in [9.17, 15) is 9.18 Å². The van der Waals surface area contributed by atoms with Crippen LogP contribution in [0.4, 0.5) is 10.1 Å². The number of rotatable bonds is 5. The molecule has 0 heterocycles. The molecule has 4 heteroatoms. The van der Waals surface area contributed by atoms with Gasteiger partial charge < -0.3 is 11.1 Å². The molecule has 0 unspecified atom stereocenters. The van der Waals surface area contributed by atoms with Crippen molar-refractivity contribution in [2.75, 3.05) is 5.32 Å². The summed E-state index contributed by atoms with van der Waals surface area (Å²) in [6, 6.07) is 12.2. The van der Waals surface area contributed by atoms with Crippen molar-refractivity contribution in [2.45, 2.75) is 19.9 Å². The first-order valence-electron chi connectivity index (χ1n) is 6.51. The Labute approximate surface area is 117 Å². The Hall–Kier alpha value is -2.36. The Morgan fingerprint density at radius 1 is 1.20 bits per heavy atom. The molecule has 2 aromatic rings. The van der Waals surface area contributed by atoms with Crippen LogP contribution in [-0.2, 0) is 13.0 Å². The third kappa shape index (κ3) is 3.15. The van der Waals surface area contributed by atoms with Gasteiger partial charge in [-0.3, -0.25) is 4.79 Å². The fraction of sp³-hybridized carbons (Fsp3) is 0.188. The van der Waals surface area contributed by atoms with Crippen molar-refractivity contribution in [3.05, 3.63) is 65.0 Å². The van der Waals surface area contributed by atoms with Gasteiger partial charge in [-0.05, 0) is 30.2 Å².